The van der Waals surface area contributed by atoms with Gasteiger partial charge in [0.25, 0.3) is 5.91 Å². The summed E-state index contributed by atoms with van der Waals surface area (Å²) in [5.74, 6) is -2.11. The van der Waals surface area contributed by atoms with Gasteiger partial charge in [-0.1, -0.05) is 54.1 Å². The Morgan fingerprint density at radius 3 is 2.51 bits per heavy atom. The Kier molecular flexibility index (Phi) is 13.2. The molecular weight excluding hydrogens is 737 g/mol. The van der Waals surface area contributed by atoms with Gasteiger partial charge in [0.1, 0.15) is 17.1 Å². The summed E-state index contributed by atoms with van der Waals surface area (Å²) in [6, 6.07) is 18.8. The number of amides is 2. The minimum absolute atomic E-state index is 0.0170. The van der Waals surface area contributed by atoms with Crippen LogP contribution < -0.4 is 20.1 Å². The van der Waals surface area contributed by atoms with E-state index in [9.17, 15) is 37.4 Å². The molecule has 0 bridgehead atoms. The van der Waals surface area contributed by atoms with Gasteiger partial charge in [0.05, 0.1) is 16.9 Å². The van der Waals surface area contributed by atoms with Crippen LogP contribution in [0.15, 0.2) is 76.5 Å². The highest BCUT2D eigenvalue weighted by molar-refractivity contribution is 7.97. The number of nitrogens with one attached hydrogen (secondary N) is 4. The van der Waals surface area contributed by atoms with E-state index in [1.165, 1.54) is 23.6 Å². The van der Waals surface area contributed by atoms with E-state index in [2.05, 4.69) is 32.2 Å². The van der Waals surface area contributed by atoms with Crippen LogP contribution in [0.2, 0.25) is 5.02 Å². The van der Waals surface area contributed by atoms with E-state index in [0.29, 0.717) is 35.3 Å². The molecule has 3 aromatic rings. The highest BCUT2D eigenvalue weighted by atomic mass is 35.5. The summed E-state index contributed by atoms with van der Waals surface area (Å²) in [5, 5.41) is 15.5. The third-order valence-corrected chi connectivity index (χ3v) is 13.3. The molecule has 2 heterocycles. The molecule has 0 saturated carbocycles. The van der Waals surface area contributed by atoms with E-state index >= 15 is 0 Å². The number of carbonyl (C=O) groups is 3. The summed E-state index contributed by atoms with van der Waals surface area (Å²) < 4.78 is 44.9. The standard InChI is InChI=1S/C34H41ClN5O8PS2/c35-26-19-27-29(50-39-31(38-27)15-12-23-7-2-1-3-8-23)20-30(26)51(47,48)37-21-24-10-13-25(14-11-24)33(42)36-16-4-5-18-49(45,46)22-32(41)40-17-6-9-28(40)34(43)44/h1-3,7-8,10-11,13-14,19-20,28,31,37-39H,4-6,9,12,15-18,21-22H2,(H,36,42)(H,43,44)(H,45,46)/t28-,31?/m0/s1. The number of carbonyl (C=O) groups excluding carboxylic acids is 2. The summed E-state index contributed by atoms with van der Waals surface area (Å²) in [5.41, 5.74) is 2.97. The molecular formula is C34H41ClN5O8PS2. The minimum atomic E-state index is -3.97. The maximum absolute atomic E-state index is 13.2. The van der Waals surface area contributed by atoms with Crippen molar-refractivity contribution >= 4 is 64.4 Å². The number of unbranched alkanes of at least 4 members (excludes halogenated alkanes) is 1. The molecule has 3 aromatic carbocycles. The lowest BCUT2D eigenvalue weighted by Crippen LogP contribution is -2.41. The number of sulfonamides is 1. The van der Waals surface area contributed by atoms with E-state index in [4.69, 9.17) is 11.6 Å². The Bertz CT molecular complexity index is 1890. The number of rotatable bonds is 16. The van der Waals surface area contributed by atoms with Crippen LogP contribution in [0, 0.1) is 0 Å². The smallest absolute Gasteiger partial charge is 0.326 e. The lowest BCUT2D eigenvalue weighted by atomic mass is 10.1. The maximum Gasteiger partial charge on any atom is 0.326 e. The summed E-state index contributed by atoms with van der Waals surface area (Å²) in [6.45, 7) is 0.469. The highest BCUT2D eigenvalue weighted by Gasteiger charge is 2.36. The Morgan fingerprint density at radius 1 is 1.04 bits per heavy atom. The van der Waals surface area contributed by atoms with Crippen LogP contribution in [0.3, 0.4) is 0 Å². The predicted octanol–water partition coefficient (Wildman–Crippen LogP) is 4.66. The lowest BCUT2D eigenvalue weighted by molar-refractivity contribution is -0.147. The number of halogens is 1. The molecule has 0 aliphatic carbocycles. The SMILES string of the molecule is O=C(NCCCCP(=O)(O)CC(=O)N1CCC[C@H]1C(=O)O)c1ccc(CNS(=O)(=O)c2cc3c(cc2Cl)NC(CCc2ccccc2)NS3)cc1. The van der Waals surface area contributed by atoms with Crippen LogP contribution in [-0.4, -0.2) is 78.7 Å². The van der Waals surface area contributed by atoms with E-state index < -0.39 is 41.5 Å². The molecule has 2 aliphatic rings. The van der Waals surface area contributed by atoms with Gasteiger partial charge in [0, 0.05) is 36.3 Å². The Labute approximate surface area is 306 Å². The van der Waals surface area contributed by atoms with Crippen LogP contribution in [0.1, 0.15) is 53.6 Å². The second-order valence-electron chi connectivity index (χ2n) is 12.5. The fraction of sp³-hybridized carbons (Fsp3) is 0.382. The van der Waals surface area contributed by atoms with Gasteiger partial charge in [0.2, 0.25) is 23.3 Å². The molecule has 51 heavy (non-hydrogen) atoms. The predicted molar refractivity (Wildman–Crippen MR) is 197 cm³/mol. The van der Waals surface area contributed by atoms with Gasteiger partial charge in [-0.05, 0) is 85.9 Å². The number of carboxylic acid groups (broad SMARTS) is 1. The van der Waals surface area contributed by atoms with E-state index in [1.807, 2.05) is 18.2 Å². The molecule has 1 saturated heterocycles. The summed E-state index contributed by atoms with van der Waals surface area (Å²) in [6.07, 6.45) is 2.52. The van der Waals surface area contributed by atoms with Crippen LogP contribution in [-0.2, 0) is 37.1 Å². The number of hydrogen-bond donors (Lipinski definition) is 6. The monoisotopic (exact) mass is 777 g/mol. The largest absolute Gasteiger partial charge is 0.480 e. The molecule has 0 aromatic heterocycles. The molecule has 5 rings (SSSR count). The normalized spacial score (nSPS) is 18.4. The summed E-state index contributed by atoms with van der Waals surface area (Å²) in [4.78, 5) is 48.5. The fourth-order valence-corrected chi connectivity index (χ4v) is 9.87. The zero-order valence-corrected chi connectivity index (χ0v) is 31.0. The summed E-state index contributed by atoms with van der Waals surface area (Å²) >= 11 is 7.80. The van der Waals surface area contributed by atoms with Crippen molar-refractivity contribution in [3.05, 3.63) is 88.4 Å². The molecule has 6 N–H and O–H groups in total. The summed E-state index contributed by atoms with van der Waals surface area (Å²) in [7, 11) is -7.77. The molecule has 274 valence electrons. The van der Waals surface area contributed by atoms with Crippen molar-refractivity contribution in [2.24, 2.45) is 0 Å². The van der Waals surface area contributed by atoms with Crippen molar-refractivity contribution in [3.63, 3.8) is 0 Å². The lowest BCUT2D eigenvalue weighted by Gasteiger charge is -2.28. The van der Waals surface area contributed by atoms with Crippen LogP contribution in [0.25, 0.3) is 0 Å². The van der Waals surface area contributed by atoms with Crippen molar-refractivity contribution < 1.29 is 37.4 Å². The van der Waals surface area contributed by atoms with E-state index in [0.717, 1.165) is 23.4 Å². The molecule has 2 amide bonds. The van der Waals surface area contributed by atoms with Gasteiger partial charge in [-0.25, -0.2) is 22.7 Å². The number of anilines is 1. The molecule has 1 fully saturated rings. The van der Waals surface area contributed by atoms with Gasteiger partial charge < -0.3 is 25.5 Å². The molecule has 3 atom stereocenters. The average Bonchev–Trinajstić information content (AvgIpc) is 3.61. The van der Waals surface area contributed by atoms with Crippen molar-refractivity contribution in [1.82, 2.24) is 19.7 Å². The number of nitrogens with zero attached hydrogens (tertiary/aromatic N) is 1. The first-order chi connectivity index (χ1) is 24.3. The molecule has 2 unspecified atom stereocenters. The van der Waals surface area contributed by atoms with Crippen molar-refractivity contribution in [1.29, 1.82) is 0 Å². The fourth-order valence-electron chi connectivity index (χ4n) is 5.90. The molecule has 17 heteroatoms. The molecule has 0 radical (unpaired) electrons. The van der Waals surface area contributed by atoms with Crippen molar-refractivity contribution in [3.8, 4) is 0 Å². The van der Waals surface area contributed by atoms with Crippen LogP contribution in [0.5, 0.6) is 0 Å². The first-order valence-electron chi connectivity index (χ1n) is 16.6. The Hall–Kier alpha value is -3.43. The van der Waals surface area contributed by atoms with Gasteiger partial charge in [-0.15, -0.1) is 0 Å². The Morgan fingerprint density at radius 2 is 1.78 bits per heavy atom. The topological polar surface area (TPSA) is 194 Å². The van der Waals surface area contributed by atoms with Gasteiger partial charge in [-0.3, -0.25) is 14.2 Å². The van der Waals surface area contributed by atoms with Gasteiger partial charge >= 0.3 is 5.97 Å². The highest BCUT2D eigenvalue weighted by Crippen LogP contribution is 2.42. The number of carboxylic acids is 1. The zero-order valence-electron chi connectivity index (χ0n) is 27.7. The molecule has 13 nitrogen and oxygen atoms in total. The number of benzene rings is 3. The first-order valence-corrected chi connectivity index (χ1v) is 21.3. The molecule has 2 aliphatic heterocycles. The number of hydrogen-bond acceptors (Lipinski definition) is 9. The quantitative estimate of drug-likeness (QED) is 0.0674. The van der Waals surface area contributed by atoms with E-state index in [-0.39, 0.29) is 54.2 Å². The van der Waals surface area contributed by atoms with Gasteiger partial charge in [-0.2, -0.15) is 0 Å². The van der Waals surface area contributed by atoms with Crippen molar-refractivity contribution in [2.75, 3.05) is 30.7 Å². The number of likely N-dealkylation sites (tertiary alicyclic amines) is 1. The maximum atomic E-state index is 13.2. The van der Waals surface area contributed by atoms with E-state index in [1.54, 1.807) is 30.3 Å². The minimum Gasteiger partial charge on any atom is -0.480 e. The third-order valence-electron chi connectivity index (χ3n) is 8.67. The average molecular weight is 778 g/mol. The Balaban J connectivity index is 1.04. The second-order valence-corrected chi connectivity index (χ2v) is 18.0. The number of aryl methyl sites for hydroxylation is 1. The van der Waals surface area contributed by atoms with Crippen LogP contribution >= 0.6 is 30.9 Å². The van der Waals surface area contributed by atoms with Gasteiger partial charge in [0.15, 0.2) is 0 Å². The third kappa shape index (κ3) is 10.8. The molecule has 0 spiro atoms. The van der Waals surface area contributed by atoms with Crippen LogP contribution in [0.4, 0.5) is 5.69 Å². The number of aliphatic carboxylic acids is 1. The zero-order chi connectivity index (χ0) is 36.6. The first kappa shape index (κ1) is 38.8. The second kappa shape index (κ2) is 17.4. The van der Waals surface area contributed by atoms with Crippen molar-refractivity contribution in [2.45, 2.75) is 67.1 Å². The number of fused-ring (bicyclic) bond motifs is 1.